The van der Waals surface area contributed by atoms with Crippen LogP contribution < -0.4 is 5.43 Å². The Bertz CT molecular complexity index is 867. The zero-order valence-electron chi connectivity index (χ0n) is 13.0. The second-order valence-corrected chi connectivity index (χ2v) is 6.19. The molecule has 0 aliphatic carbocycles. The SMILES string of the molecule is Cc1ccc(-c2[nH]ncc2/C=N/NC(=O)c2ccc(Br)cc2)cc1. The van der Waals surface area contributed by atoms with E-state index in [1.54, 1.807) is 24.5 Å². The molecule has 0 spiro atoms. The molecule has 1 aromatic heterocycles. The monoisotopic (exact) mass is 382 g/mol. The first-order valence-electron chi connectivity index (χ1n) is 7.33. The first-order valence-corrected chi connectivity index (χ1v) is 8.12. The molecular weight excluding hydrogens is 368 g/mol. The van der Waals surface area contributed by atoms with E-state index < -0.39 is 0 Å². The highest BCUT2D eigenvalue weighted by atomic mass is 79.9. The number of aromatic amines is 1. The van der Waals surface area contributed by atoms with Crippen LogP contribution in [0.4, 0.5) is 0 Å². The first-order chi connectivity index (χ1) is 11.6. The van der Waals surface area contributed by atoms with Crippen molar-refractivity contribution in [3.63, 3.8) is 0 Å². The number of nitrogens with one attached hydrogen (secondary N) is 2. The van der Waals surface area contributed by atoms with Crippen molar-refractivity contribution in [3.05, 3.63) is 75.9 Å². The molecule has 3 aromatic rings. The van der Waals surface area contributed by atoms with E-state index in [0.717, 1.165) is 21.3 Å². The van der Waals surface area contributed by atoms with E-state index in [4.69, 9.17) is 0 Å². The highest BCUT2D eigenvalue weighted by Crippen LogP contribution is 2.20. The largest absolute Gasteiger partial charge is 0.277 e. The van der Waals surface area contributed by atoms with E-state index >= 15 is 0 Å². The minimum Gasteiger partial charge on any atom is -0.277 e. The van der Waals surface area contributed by atoms with E-state index in [-0.39, 0.29) is 5.91 Å². The number of halogens is 1. The second-order valence-electron chi connectivity index (χ2n) is 5.27. The van der Waals surface area contributed by atoms with Gasteiger partial charge in [-0.25, -0.2) is 5.43 Å². The third-order valence-corrected chi connectivity index (χ3v) is 4.01. The number of rotatable bonds is 4. The maximum atomic E-state index is 12.0. The highest BCUT2D eigenvalue weighted by molar-refractivity contribution is 9.10. The van der Waals surface area contributed by atoms with Gasteiger partial charge in [-0.3, -0.25) is 9.89 Å². The number of benzene rings is 2. The molecule has 0 aliphatic rings. The molecule has 0 atom stereocenters. The average Bonchev–Trinajstić information content (AvgIpc) is 3.04. The molecule has 1 heterocycles. The van der Waals surface area contributed by atoms with Crippen LogP contribution in [0.5, 0.6) is 0 Å². The van der Waals surface area contributed by atoms with E-state index in [9.17, 15) is 4.79 Å². The number of hydrogen-bond acceptors (Lipinski definition) is 3. The molecule has 0 saturated carbocycles. The van der Waals surface area contributed by atoms with Gasteiger partial charge in [-0.15, -0.1) is 0 Å². The molecule has 6 heteroatoms. The van der Waals surface area contributed by atoms with Gasteiger partial charge in [0.2, 0.25) is 0 Å². The number of hydrazone groups is 1. The molecule has 1 amide bonds. The Labute approximate surface area is 147 Å². The van der Waals surface area contributed by atoms with Crippen LogP contribution in [-0.2, 0) is 0 Å². The molecule has 0 unspecified atom stereocenters. The zero-order chi connectivity index (χ0) is 16.9. The van der Waals surface area contributed by atoms with Crippen LogP contribution in [0.3, 0.4) is 0 Å². The molecule has 0 saturated heterocycles. The van der Waals surface area contributed by atoms with Gasteiger partial charge in [0.1, 0.15) is 0 Å². The van der Waals surface area contributed by atoms with Crippen LogP contribution >= 0.6 is 15.9 Å². The number of hydrogen-bond donors (Lipinski definition) is 2. The fraction of sp³-hybridized carbons (Fsp3) is 0.0556. The van der Waals surface area contributed by atoms with Crippen LogP contribution in [0.1, 0.15) is 21.5 Å². The quantitative estimate of drug-likeness (QED) is 0.530. The Kier molecular flexibility index (Phi) is 4.86. The minimum atomic E-state index is -0.265. The summed E-state index contributed by atoms with van der Waals surface area (Å²) in [5.41, 5.74) is 6.92. The van der Waals surface area contributed by atoms with Crippen molar-refractivity contribution in [2.75, 3.05) is 0 Å². The summed E-state index contributed by atoms with van der Waals surface area (Å²) in [5, 5.41) is 11.0. The van der Waals surface area contributed by atoms with Gasteiger partial charge in [-0.1, -0.05) is 45.8 Å². The molecule has 0 bridgehead atoms. The highest BCUT2D eigenvalue weighted by Gasteiger charge is 2.06. The van der Waals surface area contributed by atoms with Crippen molar-refractivity contribution in [3.8, 4) is 11.3 Å². The summed E-state index contributed by atoms with van der Waals surface area (Å²) >= 11 is 3.34. The van der Waals surface area contributed by atoms with E-state index in [1.807, 2.05) is 43.3 Å². The average molecular weight is 383 g/mol. The predicted octanol–water partition coefficient (Wildman–Crippen LogP) is 3.91. The standard InChI is InChI=1S/C18H15BrN4O/c1-12-2-4-13(5-3-12)17-15(10-20-22-17)11-21-23-18(24)14-6-8-16(19)9-7-14/h2-11H,1H3,(H,20,22)(H,23,24)/b21-11+. The third kappa shape index (κ3) is 3.78. The van der Waals surface area contributed by atoms with Gasteiger partial charge < -0.3 is 0 Å². The Hall–Kier alpha value is -2.73. The fourth-order valence-corrected chi connectivity index (χ4v) is 2.44. The fourth-order valence-electron chi connectivity index (χ4n) is 2.17. The van der Waals surface area contributed by atoms with Crippen molar-refractivity contribution < 1.29 is 4.79 Å². The van der Waals surface area contributed by atoms with Gasteiger partial charge in [0.05, 0.1) is 18.1 Å². The Morgan fingerprint density at radius 1 is 1.17 bits per heavy atom. The summed E-state index contributed by atoms with van der Waals surface area (Å²) in [7, 11) is 0. The van der Waals surface area contributed by atoms with Crippen LogP contribution in [0.25, 0.3) is 11.3 Å². The van der Waals surface area contributed by atoms with Crippen molar-refractivity contribution in [1.29, 1.82) is 0 Å². The molecule has 5 nitrogen and oxygen atoms in total. The van der Waals surface area contributed by atoms with Crippen molar-refractivity contribution in [1.82, 2.24) is 15.6 Å². The summed E-state index contributed by atoms with van der Waals surface area (Å²) in [6.45, 7) is 2.04. The molecule has 0 aliphatic heterocycles. The van der Waals surface area contributed by atoms with Gasteiger partial charge in [0.25, 0.3) is 5.91 Å². The molecule has 3 rings (SSSR count). The predicted molar refractivity (Wildman–Crippen MR) is 98.0 cm³/mol. The van der Waals surface area contributed by atoms with Crippen LogP contribution in [0, 0.1) is 6.92 Å². The van der Waals surface area contributed by atoms with Crippen molar-refractivity contribution >= 4 is 28.1 Å². The third-order valence-electron chi connectivity index (χ3n) is 3.49. The van der Waals surface area contributed by atoms with E-state index in [1.165, 1.54) is 5.56 Å². The lowest BCUT2D eigenvalue weighted by Gasteiger charge is -2.01. The van der Waals surface area contributed by atoms with Crippen molar-refractivity contribution in [2.24, 2.45) is 5.10 Å². The summed E-state index contributed by atoms with van der Waals surface area (Å²) in [5.74, 6) is -0.265. The Balaban J connectivity index is 1.71. The first kappa shape index (κ1) is 16.1. The minimum absolute atomic E-state index is 0.265. The molecule has 2 N–H and O–H groups in total. The molecule has 2 aromatic carbocycles. The summed E-state index contributed by atoms with van der Waals surface area (Å²) in [6, 6.07) is 15.2. The maximum absolute atomic E-state index is 12.0. The van der Waals surface area contributed by atoms with Crippen molar-refractivity contribution in [2.45, 2.75) is 6.92 Å². The maximum Gasteiger partial charge on any atom is 0.271 e. The number of amides is 1. The normalized spacial score (nSPS) is 10.9. The van der Waals surface area contributed by atoms with Crippen LogP contribution in [0.2, 0.25) is 0 Å². The smallest absolute Gasteiger partial charge is 0.271 e. The molecule has 0 radical (unpaired) electrons. The zero-order valence-corrected chi connectivity index (χ0v) is 14.5. The van der Waals surface area contributed by atoms with Crippen LogP contribution in [-0.4, -0.2) is 22.3 Å². The Morgan fingerprint density at radius 3 is 2.58 bits per heavy atom. The summed E-state index contributed by atoms with van der Waals surface area (Å²) in [4.78, 5) is 12.0. The van der Waals surface area contributed by atoms with E-state index in [2.05, 4.69) is 36.7 Å². The number of carbonyl (C=O) groups is 1. The van der Waals surface area contributed by atoms with Gasteiger partial charge in [-0.2, -0.15) is 10.2 Å². The molecule has 0 fully saturated rings. The number of aromatic nitrogens is 2. The number of carbonyl (C=O) groups excluding carboxylic acids is 1. The van der Waals surface area contributed by atoms with E-state index in [0.29, 0.717) is 5.56 Å². The second kappa shape index (κ2) is 7.23. The molecular formula is C18H15BrN4O. The lowest BCUT2D eigenvalue weighted by molar-refractivity contribution is 0.0955. The van der Waals surface area contributed by atoms with Gasteiger partial charge in [0, 0.05) is 21.2 Å². The number of nitrogens with zero attached hydrogens (tertiary/aromatic N) is 2. The number of H-pyrrole nitrogens is 1. The lowest BCUT2D eigenvalue weighted by atomic mass is 10.1. The van der Waals surface area contributed by atoms with Gasteiger partial charge >= 0.3 is 0 Å². The van der Waals surface area contributed by atoms with Gasteiger partial charge in [0.15, 0.2) is 0 Å². The topological polar surface area (TPSA) is 70.1 Å². The van der Waals surface area contributed by atoms with Crippen LogP contribution in [0.15, 0.2) is 64.3 Å². The molecule has 120 valence electrons. The molecule has 24 heavy (non-hydrogen) atoms. The summed E-state index contributed by atoms with van der Waals surface area (Å²) < 4.78 is 0.920. The number of aryl methyl sites for hydroxylation is 1. The lowest BCUT2D eigenvalue weighted by Crippen LogP contribution is -2.17. The Morgan fingerprint density at radius 2 is 1.88 bits per heavy atom. The van der Waals surface area contributed by atoms with Gasteiger partial charge in [-0.05, 0) is 31.2 Å². The summed E-state index contributed by atoms with van der Waals surface area (Å²) in [6.07, 6.45) is 3.25.